The number of benzene rings is 1. The first-order chi connectivity index (χ1) is 16.6. The van der Waals surface area contributed by atoms with Gasteiger partial charge in [-0.05, 0) is 77.3 Å². The monoisotopic (exact) mass is 448 g/mol. The highest BCUT2D eigenvalue weighted by Gasteiger charge is 2.30. The molecule has 0 heterocycles. The summed E-state index contributed by atoms with van der Waals surface area (Å²) in [7, 11) is 0.937. The Morgan fingerprint density at radius 2 is 1.74 bits per heavy atom. The van der Waals surface area contributed by atoms with Gasteiger partial charge in [0.25, 0.3) is 0 Å². The van der Waals surface area contributed by atoms with Gasteiger partial charge in [0.2, 0.25) is 0 Å². The Balaban J connectivity index is 0.00000199. The predicted molar refractivity (Wildman–Crippen MR) is 157 cm³/mol. The average Bonchev–Trinajstić information content (AvgIpc) is 2.90. The molecule has 0 aliphatic heterocycles. The second kappa shape index (κ2) is 13.6. The second-order valence-electron chi connectivity index (χ2n) is 8.26. The van der Waals surface area contributed by atoms with Crippen molar-refractivity contribution in [3.05, 3.63) is 131 Å². The van der Waals surface area contributed by atoms with Gasteiger partial charge in [-0.15, -0.1) is 6.58 Å². The van der Waals surface area contributed by atoms with Gasteiger partial charge < -0.3 is 0 Å². The Bertz CT molecular complexity index is 1110. The van der Waals surface area contributed by atoms with Crippen LogP contribution in [0.2, 0.25) is 6.82 Å². The van der Waals surface area contributed by atoms with Crippen LogP contribution in [-0.4, -0.2) is 7.28 Å². The van der Waals surface area contributed by atoms with E-state index < -0.39 is 0 Å². The third-order valence-electron chi connectivity index (χ3n) is 6.50. The fraction of sp³-hybridized carbons (Fsp3) is 0.273. The molecule has 34 heavy (non-hydrogen) atoms. The van der Waals surface area contributed by atoms with Gasteiger partial charge in [0.05, 0.1) is 0 Å². The molecule has 1 heteroatoms. The van der Waals surface area contributed by atoms with E-state index in [4.69, 9.17) is 0 Å². The van der Waals surface area contributed by atoms with Crippen LogP contribution >= 0.6 is 0 Å². The Kier molecular flexibility index (Phi) is 10.9. The fourth-order valence-electron chi connectivity index (χ4n) is 4.92. The fourth-order valence-corrected chi connectivity index (χ4v) is 4.92. The minimum Gasteiger partial charge on any atom is -0.104 e. The quantitative estimate of drug-likeness (QED) is 0.380. The molecule has 2 aliphatic rings. The maximum atomic E-state index is 4.39. The summed E-state index contributed by atoms with van der Waals surface area (Å²) in [6, 6.07) is 8.76. The predicted octanol–water partition coefficient (Wildman–Crippen LogP) is 9.41. The molecule has 2 aliphatic carbocycles. The Hall–Kier alpha value is -3.06. The lowest BCUT2D eigenvalue weighted by Gasteiger charge is -2.33. The summed E-state index contributed by atoms with van der Waals surface area (Å²) in [6.07, 6.45) is 21.8. The minimum atomic E-state index is 0.372. The molecule has 0 spiro atoms. The van der Waals surface area contributed by atoms with E-state index in [-0.39, 0.29) is 0 Å². The van der Waals surface area contributed by atoms with Gasteiger partial charge in [0.15, 0.2) is 7.28 Å². The molecular formula is C33H41B. The van der Waals surface area contributed by atoms with E-state index in [0.717, 1.165) is 20.1 Å². The summed E-state index contributed by atoms with van der Waals surface area (Å²) in [5.41, 5.74) is 11.8. The van der Waals surface area contributed by atoms with E-state index >= 15 is 0 Å². The molecule has 0 saturated heterocycles. The summed E-state index contributed by atoms with van der Waals surface area (Å²) in [6.45, 7) is 21.2. The zero-order chi connectivity index (χ0) is 25.1. The summed E-state index contributed by atoms with van der Waals surface area (Å²) in [5.74, 6) is 0.372. The zero-order valence-corrected chi connectivity index (χ0v) is 22.1. The molecule has 0 bridgehead atoms. The first-order valence-electron chi connectivity index (χ1n) is 12.8. The van der Waals surface area contributed by atoms with Crippen molar-refractivity contribution in [1.29, 1.82) is 0 Å². The summed E-state index contributed by atoms with van der Waals surface area (Å²) in [4.78, 5) is 0. The van der Waals surface area contributed by atoms with Crippen molar-refractivity contribution in [2.75, 3.05) is 0 Å². The number of hydrogen-bond donors (Lipinski definition) is 0. The molecule has 0 nitrogen and oxygen atoms in total. The van der Waals surface area contributed by atoms with Gasteiger partial charge in [-0.1, -0.05) is 113 Å². The Morgan fingerprint density at radius 3 is 2.26 bits per heavy atom. The van der Waals surface area contributed by atoms with Crippen LogP contribution < -0.4 is 0 Å². The maximum absolute atomic E-state index is 4.39. The summed E-state index contributed by atoms with van der Waals surface area (Å²) in [5, 5.41) is 0. The molecule has 1 atom stereocenters. The van der Waals surface area contributed by atoms with Crippen LogP contribution in [0.15, 0.2) is 120 Å². The van der Waals surface area contributed by atoms with Crippen molar-refractivity contribution in [3.63, 3.8) is 0 Å². The normalized spacial score (nSPS) is 22.2. The molecule has 176 valence electrons. The Morgan fingerprint density at radius 1 is 1.06 bits per heavy atom. The van der Waals surface area contributed by atoms with Crippen LogP contribution in [0.3, 0.4) is 0 Å². The summed E-state index contributed by atoms with van der Waals surface area (Å²) >= 11 is 0. The smallest absolute Gasteiger partial charge is 0.104 e. The average molecular weight is 449 g/mol. The van der Waals surface area contributed by atoms with E-state index in [1.807, 2.05) is 19.9 Å². The third kappa shape index (κ3) is 5.71. The molecule has 1 aromatic carbocycles. The molecule has 1 aromatic rings. The Labute approximate surface area is 209 Å². The van der Waals surface area contributed by atoms with Crippen molar-refractivity contribution < 1.29 is 0 Å². The minimum absolute atomic E-state index is 0.372. The van der Waals surface area contributed by atoms with E-state index in [1.54, 1.807) is 0 Å². The molecule has 1 unspecified atom stereocenters. The van der Waals surface area contributed by atoms with Gasteiger partial charge in [0.1, 0.15) is 0 Å². The molecule has 0 saturated carbocycles. The summed E-state index contributed by atoms with van der Waals surface area (Å²) < 4.78 is 0. The molecule has 0 radical (unpaired) electrons. The van der Waals surface area contributed by atoms with Gasteiger partial charge >= 0.3 is 0 Å². The van der Waals surface area contributed by atoms with Gasteiger partial charge in [-0.3, -0.25) is 0 Å². The lowest BCUT2D eigenvalue weighted by Crippen LogP contribution is -2.17. The van der Waals surface area contributed by atoms with Crippen LogP contribution in [0.25, 0.3) is 11.0 Å². The largest absolute Gasteiger partial charge is 0.154 e. The van der Waals surface area contributed by atoms with Crippen LogP contribution in [0.4, 0.5) is 0 Å². The van der Waals surface area contributed by atoms with Crippen molar-refractivity contribution in [3.8, 4) is 0 Å². The van der Waals surface area contributed by atoms with E-state index in [2.05, 4.69) is 114 Å². The lowest BCUT2D eigenvalue weighted by molar-refractivity contribution is 0.692. The van der Waals surface area contributed by atoms with Crippen LogP contribution in [0, 0.1) is 5.92 Å². The van der Waals surface area contributed by atoms with Crippen molar-refractivity contribution in [1.82, 2.24) is 0 Å². The zero-order valence-electron chi connectivity index (χ0n) is 22.1. The highest BCUT2D eigenvalue weighted by atomic mass is 14.3. The highest BCUT2D eigenvalue weighted by Crippen LogP contribution is 2.47. The SMILES string of the molecule is C=C/C=C1C=C(/C(=C2\C=CC=CC2)c2ccccc2C(=C)BC)/C(=C/C)C(CC)C/1=C/C.CC. The molecule has 0 aromatic heterocycles. The van der Waals surface area contributed by atoms with Crippen LogP contribution in [0.1, 0.15) is 58.6 Å². The lowest BCUT2D eigenvalue weighted by atomic mass is 9.66. The van der Waals surface area contributed by atoms with E-state index in [0.29, 0.717) is 5.92 Å². The molecule has 0 N–H and O–H groups in total. The van der Waals surface area contributed by atoms with Crippen molar-refractivity contribution >= 4 is 18.3 Å². The third-order valence-corrected chi connectivity index (χ3v) is 6.50. The second-order valence-corrected chi connectivity index (χ2v) is 8.26. The number of hydrogen-bond acceptors (Lipinski definition) is 0. The highest BCUT2D eigenvalue weighted by molar-refractivity contribution is 6.59. The van der Waals surface area contributed by atoms with E-state index in [9.17, 15) is 0 Å². The maximum Gasteiger partial charge on any atom is 0.154 e. The topological polar surface area (TPSA) is 0 Å². The van der Waals surface area contributed by atoms with Gasteiger partial charge in [-0.25, -0.2) is 0 Å². The molecule has 3 rings (SSSR count). The number of rotatable bonds is 6. The van der Waals surface area contributed by atoms with Gasteiger partial charge in [-0.2, -0.15) is 0 Å². The number of allylic oxidation sites excluding steroid dienone is 15. The van der Waals surface area contributed by atoms with Crippen LogP contribution in [0.5, 0.6) is 0 Å². The first-order valence-corrected chi connectivity index (χ1v) is 12.8. The molecule has 0 fully saturated rings. The molecular weight excluding hydrogens is 407 g/mol. The molecule has 0 amide bonds. The van der Waals surface area contributed by atoms with Crippen molar-refractivity contribution in [2.24, 2.45) is 5.92 Å². The van der Waals surface area contributed by atoms with Crippen LogP contribution in [-0.2, 0) is 0 Å². The standard InChI is InChI=1S/C31H35B.C2H6/c1-7-16-24-21-30(27(10-4)26(9-3)25(24)8-2)31(23-17-12-11-13-18-23)29-20-15-14-19-28(29)22(5)32-6;1-2/h7-8,10-17,19-21,26,32H,1,5,9,18H2,2-4,6H3;1-2H3/b24-16-,25-8+,27-10+,31-23+;. The van der Waals surface area contributed by atoms with Crippen molar-refractivity contribution in [2.45, 2.75) is 54.3 Å². The first kappa shape index (κ1) is 27.2. The van der Waals surface area contributed by atoms with Gasteiger partial charge in [0, 0.05) is 5.92 Å². The van der Waals surface area contributed by atoms with E-state index in [1.165, 1.54) is 50.0 Å².